The van der Waals surface area contributed by atoms with Gasteiger partial charge in [0, 0.05) is 19.1 Å². The Balaban J connectivity index is 2.07. The van der Waals surface area contributed by atoms with E-state index in [1.807, 2.05) is 13.0 Å². The van der Waals surface area contributed by atoms with Crippen LogP contribution < -0.4 is 15.0 Å². The van der Waals surface area contributed by atoms with Crippen molar-refractivity contribution >= 4 is 5.69 Å². The Morgan fingerprint density at radius 1 is 1.32 bits per heavy atom. The Morgan fingerprint density at radius 3 is 2.79 bits per heavy atom. The molecular weight excluding hydrogens is 236 g/mol. The van der Waals surface area contributed by atoms with Gasteiger partial charge in [0.15, 0.2) is 0 Å². The zero-order valence-electron chi connectivity index (χ0n) is 12.4. The molecule has 1 N–H and O–H groups in total. The van der Waals surface area contributed by atoms with E-state index in [1.165, 1.54) is 12.1 Å². The first-order valence-electron chi connectivity index (χ1n) is 7.46. The number of benzene rings is 1. The predicted octanol–water partition coefficient (Wildman–Crippen LogP) is 2.91. The molecular formula is C16H26N2O. The lowest BCUT2D eigenvalue weighted by atomic mass is 9.93. The van der Waals surface area contributed by atoms with Crippen LogP contribution in [-0.2, 0) is 0 Å². The van der Waals surface area contributed by atoms with E-state index in [0.29, 0.717) is 12.0 Å². The summed E-state index contributed by atoms with van der Waals surface area (Å²) in [4.78, 5) is 2.46. The minimum Gasteiger partial charge on any atom is -0.492 e. The maximum absolute atomic E-state index is 5.74. The van der Waals surface area contributed by atoms with E-state index in [2.05, 4.69) is 42.3 Å². The van der Waals surface area contributed by atoms with Crippen LogP contribution in [0, 0.1) is 5.92 Å². The highest BCUT2D eigenvalue weighted by atomic mass is 16.5. The molecule has 0 saturated carbocycles. The molecule has 0 spiro atoms. The molecule has 1 heterocycles. The van der Waals surface area contributed by atoms with Gasteiger partial charge in [-0.25, -0.2) is 0 Å². The summed E-state index contributed by atoms with van der Waals surface area (Å²) in [6.45, 7) is 10.5. The van der Waals surface area contributed by atoms with Crippen LogP contribution in [-0.4, -0.2) is 32.3 Å². The summed E-state index contributed by atoms with van der Waals surface area (Å²) in [6, 6.07) is 9.04. The van der Waals surface area contributed by atoms with Crippen LogP contribution in [0.3, 0.4) is 0 Å². The molecule has 106 valence electrons. The van der Waals surface area contributed by atoms with Gasteiger partial charge in [0.05, 0.1) is 12.3 Å². The van der Waals surface area contributed by atoms with Crippen molar-refractivity contribution in [3.63, 3.8) is 0 Å². The highest BCUT2D eigenvalue weighted by Crippen LogP contribution is 2.31. The first-order chi connectivity index (χ1) is 9.26. The van der Waals surface area contributed by atoms with Gasteiger partial charge in [0.2, 0.25) is 0 Å². The lowest BCUT2D eigenvalue weighted by molar-refractivity contribution is 0.317. The molecule has 1 fully saturated rings. The fourth-order valence-electron chi connectivity index (χ4n) is 2.93. The molecule has 1 aromatic carbocycles. The molecule has 3 nitrogen and oxygen atoms in total. The van der Waals surface area contributed by atoms with Crippen molar-refractivity contribution in [1.29, 1.82) is 0 Å². The summed E-state index contributed by atoms with van der Waals surface area (Å²) in [6.07, 6.45) is 1.20. The Morgan fingerprint density at radius 2 is 2.11 bits per heavy atom. The van der Waals surface area contributed by atoms with E-state index in [-0.39, 0.29) is 0 Å². The summed E-state index contributed by atoms with van der Waals surface area (Å²) >= 11 is 0. The lowest BCUT2D eigenvalue weighted by Crippen LogP contribution is -2.48. The molecule has 0 aromatic heterocycles. The van der Waals surface area contributed by atoms with Gasteiger partial charge in [-0.05, 0) is 37.9 Å². The number of nitrogens with zero attached hydrogens (tertiary/aromatic N) is 1. The topological polar surface area (TPSA) is 24.5 Å². The van der Waals surface area contributed by atoms with Crippen LogP contribution in [0.1, 0.15) is 27.2 Å². The first kappa shape index (κ1) is 14.2. The summed E-state index contributed by atoms with van der Waals surface area (Å²) in [5, 5.41) is 3.59. The zero-order chi connectivity index (χ0) is 13.7. The van der Waals surface area contributed by atoms with Crippen molar-refractivity contribution in [2.24, 2.45) is 5.92 Å². The number of hydrogen-bond acceptors (Lipinski definition) is 3. The van der Waals surface area contributed by atoms with Crippen molar-refractivity contribution in [2.75, 3.05) is 31.1 Å². The molecule has 1 aliphatic rings. The third kappa shape index (κ3) is 3.41. The van der Waals surface area contributed by atoms with Crippen LogP contribution in [0.5, 0.6) is 5.75 Å². The van der Waals surface area contributed by atoms with E-state index in [0.717, 1.165) is 32.0 Å². The summed E-state index contributed by atoms with van der Waals surface area (Å²) in [5.41, 5.74) is 1.24. The van der Waals surface area contributed by atoms with Crippen LogP contribution in [0.4, 0.5) is 5.69 Å². The second-order valence-corrected chi connectivity index (χ2v) is 5.28. The second-order valence-electron chi connectivity index (χ2n) is 5.28. The highest BCUT2D eigenvalue weighted by Gasteiger charge is 2.26. The number of nitrogens with one attached hydrogen (secondary N) is 1. The summed E-state index contributed by atoms with van der Waals surface area (Å²) < 4.78 is 5.74. The predicted molar refractivity (Wildman–Crippen MR) is 81.1 cm³/mol. The summed E-state index contributed by atoms with van der Waals surface area (Å²) in [7, 11) is 0. The average Bonchev–Trinajstić information content (AvgIpc) is 2.42. The van der Waals surface area contributed by atoms with Crippen molar-refractivity contribution in [2.45, 2.75) is 33.2 Å². The minimum absolute atomic E-state index is 0.653. The third-order valence-corrected chi connectivity index (χ3v) is 3.88. The Labute approximate surface area is 116 Å². The number of hydrogen-bond donors (Lipinski definition) is 1. The molecule has 0 radical (unpaired) electrons. The normalized spacial score (nSPS) is 23.4. The van der Waals surface area contributed by atoms with Crippen molar-refractivity contribution < 1.29 is 4.74 Å². The van der Waals surface area contributed by atoms with Gasteiger partial charge in [-0.15, -0.1) is 0 Å². The van der Waals surface area contributed by atoms with Gasteiger partial charge in [-0.2, -0.15) is 0 Å². The van der Waals surface area contributed by atoms with E-state index in [4.69, 9.17) is 4.74 Å². The van der Waals surface area contributed by atoms with Gasteiger partial charge < -0.3 is 15.0 Å². The number of ether oxygens (including phenoxy) is 1. The van der Waals surface area contributed by atoms with Crippen molar-refractivity contribution in [3.8, 4) is 5.75 Å². The van der Waals surface area contributed by atoms with Gasteiger partial charge in [0.1, 0.15) is 5.75 Å². The van der Waals surface area contributed by atoms with E-state index in [1.54, 1.807) is 0 Å². The summed E-state index contributed by atoms with van der Waals surface area (Å²) in [5.74, 6) is 1.68. The van der Waals surface area contributed by atoms with Crippen LogP contribution >= 0.6 is 0 Å². The van der Waals surface area contributed by atoms with Crippen molar-refractivity contribution in [1.82, 2.24) is 5.32 Å². The van der Waals surface area contributed by atoms with E-state index in [9.17, 15) is 0 Å². The first-order valence-corrected chi connectivity index (χ1v) is 7.46. The number of rotatable bonds is 5. The minimum atomic E-state index is 0.653. The Bertz CT molecular complexity index is 394. The smallest absolute Gasteiger partial charge is 0.142 e. The van der Waals surface area contributed by atoms with Crippen LogP contribution in [0.15, 0.2) is 24.3 Å². The van der Waals surface area contributed by atoms with Gasteiger partial charge >= 0.3 is 0 Å². The fourth-order valence-corrected chi connectivity index (χ4v) is 2.93. The zero-order valence-corrected chi connectivity index (χ0v) is 12.4. The third-order valence-electron chi connectivity index (χ3n) is 3.88. The maximum atomic E-state index is 5.74. The number of piperidine rings is 1. The molecule has 2 atom stereocenters. The molecule has 0 bridgehead atoms. The van der Waals surface area contributed by atoms with Crippen LogP contribution in [0.2, 0.25) is 0 Å². The average molecular weight is 262 g/mol. The fraction of sp³-hybridized carbons (Fsp3) is 0.625. The Hall–Kier alpha value is -1.22. The molecule has 19 heavy (non-hydrogen) atoms. The van der Waals surface area contributed by atoms with E-state index >= 15 is 0 Å². The molecule has 0 aliphatic carbocycles. The largest absolute Gasteiger partial charge is 0.492 e. The molecule has 0 amide bonds. The highest BCUT2D eigenvalue weighted by molar-refractivity contribution is 5.58. The van der Waals surface area contributed by atoms with Crippen LogP contribution in [0.25, 0.3) is 0 Å². The quantitative estimate of drug-likeness (QED) is 0.883. The molecule has 3 heteroatoms. The Kier molecular flexibility index (Phi) is 5.08. The van der Waals surface area contributed by atoms with E-state index < -0.39 is 0 Å². The SMILES string of the molecule is CCNC1CCN(c2ccccc2OCC)CC1C. The molecule has 1 aromatic rings. The standard InChI is InChI=1S/C16H26N2O/c1-4-17-14-10-11-18(12-13(14)3)15-8-6-7-9-16(15)19-5-2/h6-9,13-14,17H,4-5,10-12H2,1-3H3. The second kappa shape index (κ2) is 6.80. The molecule has 2 unspecified atom stereocenters. The number of para-hydroxylation sites is 2. The van der Waals surface area contributed by atoms with Gasteiger partial charge in [0.25, 0.3) is 0 Å². The van der Waals surface area contributed by atoms with Gasteiger partial charge in [-0.3, -0.25) is 0 Å². The maximum Gasteiger partial charge on any atom is 0.142 e. The molecule has 2 rings (SSSR count). The molecule has 1 aliphatic heterocycles. The van der Waals surface area contributed by atoms with Gasteiger partial charge in [-0.1, -0.05) is 26.0 Å². The monoisotopic (exact) mass is 262 g/mol. The number of anilines is 1. The van der Waals surface area contributed by atoms with Crippen molar-refractivity contribution in [3.05, 3.63) is 24.3 Å². The molecule has 1 saturated heterocycles. The lowest BCUT2D eigenvalue weighted by Gasteiger charge is -2.39.